The van der Waals surface area contributed by atoms with Gasteiger partial charge in [-0.25, -0.2) is 4.79 Å². The van der Waals surface area contributed by atoms with E-state index in [1.165, 1.54) is 25.3 Å². The van der Waals surface area contributed by atoms with Gasteiger partial charge in [0.25, 0.3) is 11.6 Å². The standard InChI is InChI=1S/C16H21N3O6S/c1-25-16(22)13(7-9-26-2)18-14(20)6-8-17-15(21)11-4-3-5-12(10-11)19(23)24/h3-5,10,13H,6-9H2,1-2H3,(H,17,21)(H,18,20)/t13-/m1/s1. The zero-order valence-electron chi connectivity index (χ0n) is 14.5. The van der Waals surface area contributed by atoms with E-state index < -0.39 is 28.7 Å². The number of amides is 2. The van der Waals surface area contributed by atoms with E-state index in [0.29, 0.717) is 12.2 Å². The van der Waals surface area contributed by atoms with E-state index in [1.807, 2.05) is 6.26 Å². The largest absolute Gasteiger partial charge is 0.467 e. The molecule has 0 heterocycles. The van der Waals surface area contributed by atoms with Crippen molar-refractivity contribution in [3.8, 4) is 0 Å². The molecule has 1 aromatic rings. The number of nitro benzene ring substituents is 1. The molecule has 0 fully saturated rings. The van der Waals surface area contributed by atoms with Crippen molar-refractivity contribution in [2.45, 2.75) is 18.9 Å². The topological polar surface area (TPSA) is 128 Å². The maximum absolute atomic E-state index is 12.0. The third-order valence-electron chi connectivity index (χ3n) is 3.39. The number of thioether (sulfide) groups is 1. The summed E-state index contributed by atoms with van der Waals surface area (Å²) in [5.74, 6) is -0.758. The zero-order chi connectivity index (χ0) is 19.5. The summed E-state index contributed by atoms with van der Waals surface area (Å²) in [6.07, 6.45) is 2.30. The first kappa shape index (κ1) is 21.4. The number of nitro groups is 1. The molecule has 0 spiro atoms. The molecule has 0 aromatic heterocycles. The predicted octanol–water partition coefficient (Wildman–Crippen LogP) is 1.13. The van der Waals surface area contributed by atoms with Crippen LogP contribution in [0.25, 0.3) is 0 Å². The van der Waals surface area contributed by atoms with E-state index in [0.717, 1.165) is 6.07 Å². The summed E-state index contributed by atoms with van der Waals surface area (Å²) in [6.45, 7) is 0.0315. The number of rotatable bonds is 10. The molecule has 0 saturated carbocycles. The molecule has 1 atom stereocenters. The Bertz CT molecular complexity index is 667. The van der Waals surface area contributed by atoms with Crippen LogP contribution in [0.1, 0.15) is 23.2 Å². The van der Waals surface area contributed by atoms with E-state index in [9.17, 15) is 24.5 Å². The highest BCUT2D eigenvalue weighted by atomic mass is 32.2. The number of carbonyl (C=O) groups is 3. The number of hydrogen-bond donors (Lipinski definition) is 2. The highest BCUT2D eigenvalue weighted by Crippen LogP contribution is 2.12. The quantitative estimate of drug-likeness (QED) is 0.352. The van der Waals surface area contributed by atoms with Gasteiger partial charge < -0.3 is 15.4 Å². The first-order valence-electron chi connectivity index (χ1n) is 7.77. The average Bonchev–Trinajstić information content (AvgIpc) is 2.64. The fourth-order valence-electron chi connectivity index (χ4n) is 2.05. The molecular formula is C16H21N3O6S. The van der Waals surface area contributed by atoms with Crippen molar-refractivity contribution in [1.29, 1.82) is 0 Å². The Morgan fingerprint density at radius 1 is 1.35 bits per heavy atom. The summed E-state index contributed by atoms with van der Waals surface area (Å²) in [6, 6.07) is 4.56. The maximum atomic E-state index is 12.0. The minimum absolute atomic E-state index is 0.0315. The number of methoxy groups -OCH3 is 1. The molecule has 0 radical (unpaired) electrons. The molecule has 0 aliphatic rings. The van der Waals surface area contributed by atoms with Crippen molar-refractivity contribution in [3.63, 3.8) is 0 Å². The number of ether oxygens (including phenoxy) is 1. The lowest BCUT2D eigenvalue weighted by Gasteiger charge is -2.16. The van der Waals surface area contributed by atoms with Crippen molar-refractivity contribution in [2.24, 2.45) is 0 Å². The van der Waals surface area contributed by atoms with Gasteiger partial charge in [0.15, 0.2) is 0 Å². The van der Waals surface area contributed by atoms with E-state index >= 15 is 0 Å². The summed E-state index contributed by atoms with van der Waals surface area (Å²) in [4.78, 5) is 45.7. The highest BCUT2D eigenvalue weighted by Gasteiger charge is 2.21. The Labute approximate surface area is 155 Å². The van der Waals surface area contributed by atoms with Gasteiger partial charge in [-0.3, -0.25) is 19.7 Å². The highest BCUT2D eigenvalue weighted by molar-refractivity contribution is 7.98. The van der Waals surface area contributed by atoms with Gasteiger partial charge in [-0.1, -0.05) is 6.07 Å². The monoisotopic (exact) mass is 383 g/mol. The second-order valence-electron chi connectivity index (χ2n) is 5.24. The van der Waals surface area contributed by atoms with E-state index in [2.05, 4.69) is 15.4 Å². The molecule has 9 nitrogen and oxygen atoms in total. The van der Waals surface area contributed by atoms with Crippen LogP contribution in [0.4, 0.5) is 5.69 Å². The van der Waals surface area contributed by atoms with Crippen LogP contribution in [0.2, 0.25) is 0 Å². The van der Waals surface area contributed by atoms with Crippen molar-refractivity contribution < 1.29 is 24.0 Å². The van der Waals surface area contributed by atoms with Crippen molar-refractivity contribution in [3.05, 3.63) is 39.9 Å². The Morgan fingerprint density at radius 2 is 2.08 bits per heavy atom. The van der Waals surface area contributed by atoms with Crippen molar-refractivity contribution in [2.75, 3.05) is 25.7 Å². The van der Waals surface area contributed by atoms with Gasteiger partial charge in [0.2, 0.25) is 5.91 Å². The number of esters is 1. The van der Waals surface area contributed by atoms with Crippen LogP contribution in [-0.4, -0.2) is 54.4 Å². The van der Waals surface area contributed by atoms with Gasteiger partial charge in [0.05, 0.1) is 12.0 Å². The van der Waals surface area contributed by atoms with Crippen molar-refractivity contribution in [1.82, 2.24) is 10.6 Å². The Kier molecular flexibility index (Phi) is 9.13. The minimum Gasteiger partial charge on any atom is -0.467 e. The van der Waals surface area contributed by atoms with Crippen LogP contribution in [0.5, 0.6) is 0 Å². The van der Waals surface area contributed by atoms with Gasteiger partial charge in [-0.2, -0.15) is 11.8 Å². The Morgan fingerprint density at radius 3 is 2.69 bits per heavy atom. The molecule has 2 amide bonds. The summed E-state index contributed by atoms with van der Waals surface area (Å²) < 4.78 is 4.65. The van der Waals surface area contributed by atoms with Gasteiger partial charge in [0.1, 0.15) is 6.04 Å². The van der Waals surface area contributed by atoms with Gasteiger partial charge in [-0.15, -0.1) is 0 Å². The van der Waals surface area contributed by atoms with Crippen molar-refractivity contribution >= 4 is 35.2 Å². The lowest BCUT2D eigenvalue weighted by atomic mass is 10.2. The first-order valence-corrected chi connectivity index (χ1v) is 9.17. The number of nitrogens with one attached hydrogen (secondary N) is 2. The Hall–Kier alpha value is -2.62. The zero-order valence-corrected chi connectivity index (χ0v) is 15.3. The SMILES string of the molecule is COC(=O)[C@@H](CCSC)NC(=O)CCNC(=O)c1cccc([N+](=O)[O-])c1. The third-order valence-corrected chi connectivity index (χ3v) is 4.03. The fourth-order valence-corrected chi connectivity index (χ4v) is 2.52. The molecule has 142 valence electrons. The van der Waals surface area contributed by atoms with Crippen LogP contribution < -0.4 is 10.6 Å². The summed E-state index contributed by atoms with van der Waals surface area (Å²) in [7, 11) is 1.25. The fraction of sp³-hybridized carbons (Fsp3) is 0.438. The Balaban J connectivity index is 2.49. The lowest BCUT2D eigenvalue weighted by molar-refractivity contribution is -0.384. The first-order chi connectivity index (χ1) is 12.4. The second kappa shape index (κ2) is 11.1. The molecule has 0 unspecified atom stereocenters. The molecule has 0 aliphatic carbocycles. The number of nitrogens with zero attached hydrogens (tertiary/aromatic N) is 1. The van der Waals surface area contributed by atoms with E-state index in [4.69, 9.17) is 0 Å². The molecule has 1 rings (SSSR count). The summed E-state index contributed by atoms with van der Waals surface area (Å²) in [5, 5.41) is 15.8. The lowest BCUT2D eigenvalue weighted by Crippen LogP contribution is -2.43. The van der Waals surface area contributed by atoms with Crippen LogP contribution in [0.3, 0.4) is 0 Å². The maximum Gasteiger partial charge on any atom is 0.328 e. The van der Waals surface area contributed by atoms with Crippen LogP contribution in [0.15, 0.2) is 24.3 Å². The molecule has 2 N–H and O–H groups in total. The molecule has 0 saturated heterocycles. The third kappa shape index (κ3) is 7.09. The number of hydrogen-bond acceptors (Lipinski definition) is 7. The van der Waals surface area contributed by atoms with Gasteiger partial charge in [-0.05, 0) is 24.5 Å². The van der Waals surface area contributed by atoms with Gasteiger partial charge >= 0.3 is 5.97 Å². The normalized spacial score (nSPS) is 11.3. The number of non-ortho nitro benzene ring substituents is 1. The van der Waals surface area contributed by atoms with Crippen LogP contribution >= 0.6 is 11.8 Å². The number of carbonyl (C=O) groups excluding carboxylic acids is 3. The molecule has 1 aromatic carbocycles. The summed E-state index contributed by atoms with van der Waals surface area (Å²) in [5.41, 5.74) is -0.0582. The summed E-state index contributed by atoms with van der Waals surface area (Å²) >= 11 is 1.54. The van der Waals surface area contributed by atoms with E-state index in [1.54, 1.807) is 11.8 Å². The van der Waals surface area contributed by atoms with Crippen LogP contribution in [0, 0.1) is 10.1 Å². The molecule has 0 aliphatic heterocycles. The molecule has 10 heteroatoms. The number of benzene rings is 1. The van der Waals surface area contributed by atoms with Gasteiger partial charge in [0, 0.05) is 30.7 Å². The molecule has 26 heavy (non-hydrogen) atoms. The minimum atomic E-state index is -0.729. The molecular weight excluding hydrogens is 362 g/mol. The molecule has 0 bridgehead atoms. The second-order valence-corrected chi connectivity index (χ2v) is 6.22. The predicted molar refractivity (Wildman–Crippen MR) is 97.0 cm³/mol. The van der Waals surface area contributed by atoms with E-state index in [-0.39, 0.29) is 24.2 Å². The average molecular weight is 383 g/mol. The smallest absolute Gasteiger partial charge is 0.328 e. The van der Waals surface area contributed by atoms with Crippen LogP contribution in [-0.2, 0) is 14.3 Å².